The predicted molar refractivity (Wildman–Crippen MR) is 130 cm³/mol. The van der Waals surface area contributed by atoms with Gasteiger partial charge in [-0.2, -0.15) is 0 Å². The summed E-state index contributed by atoms with van der Waals surface area (Å²) in [7, 11) is 0. The Kier molecular flexibility index (Phi) is 4.79. The van der Waals surface area contributed by atoms with Gasteiger partial charge in [0.05, 0.1) is 22.4 Å². The zero-order chi connectivity index (χ0) is 18.9. The molecule has 0 saturated heterocycles. The van der Waals surface area contributed by atoms with Crippen molar-refractivity contribution < 1.29 is 0 Å². The smallest absolute Gasteiger partial charge is 0.0972 e. The Hall–Kier alpha value is -2.36. The maximum absolute atomic E-state index is 5.06. The fourth-order valence-electron chi connectivity index (χ4n) is 3.48. The summed E-state index contributed by atoms with van der Waals surface area (Å²) in [5.74, 6) is 0. The SMILES string of the molecule is IPc1ccccc1-c1ccc2ccc3ccc(-c4ccccc4)nc3c2n1. The van der Waals surface area contributed by atoms with Gasteiger partial charge in [0.1, 0.15) is 0 Å². The van der Waals surface area contributed by atoms with Gasteiger partial charge >= 0.3 is 0 Å². The first kappa shape index (κ1) is 17.7. The van der Waals surface area contributed by atoms with Crippen molar-refractivity contribution in [2.24, 2.45) is 0 Å². The van der Waals surface area contributed by atoms with Crippen molar-refractivity contribution >= 4 is 55.4 Å². The van der Waals surface area contributed by atoms with E-state index in [0.717, 1.165) is 38.8 Å². The van der Waals surface area contributed by atoms with Crippen molar-refractivity contribution in [2.75, 3.05) is 0 Å². The highest BCUT2D eigenvalue weighted by molar-refractivity contribution is 14.2. The van der Waals surface area contributed by atoms with Crippen LogP contribution in [0.1, 0.15) is 0 Å². The molecule has 0 aliphatic heterocycles. The number of nitrogens with zero attached hydrogens (tertiary/aromatic N) is 2. The van der Waals surface area contributed by atoms with Gasteiger partial charge < -0.3 is 0 Å². The van der Waals surface area contributed by atoms with Crippen molar-refractivity contribution in [3.63, 3.8) is 0 Å². The monoisotopic (exact) mass is 490 g/mol. The van der Waals surface area contributed by atoms with Gasteiger partial charge in [-0.15, -0.1) is 0 Å². The molecule has 0 spiro atoms. The molecule has 5 aromatic rings. The van der Waals surface area contributed by atoms with Crippen molar-refractivity contribution in [2.45, 2.75) is 0 Å². The first-order valence-corrected chi connectivity index (χ1v) is 13.2. The van der Waals surface area contributed by atoms with E-state index in [1.807, 2.05) is 18.2 Å². The van der Waals surface area contributed by atoms with E-state index in [2.05, 4.69) is 94.8 Å². The van der Waals surface area contributed by atoms with Gasteiger partial charge in [0, 0.05) is 21.9 Å². The van der Waals surface area contributed by atoms with E-state index >= 15 is 0 Å². The van der Waals surface area contributed by atoms with Crippen LogP contribution < -0.4 is 5.30 Å². The van der Waals surface area contributed by atoms with Crippen LogP contribution in [0.4, 0.5) is 0 Å². The third-order valence-electron chi connectivity index (χ3n) is 4.89. The summed E-state index contributed by atoms with van der Waals surface area (Å²) in [6.07, 6.45) is 0.706. The van der Waals surface area contributed by atoms with Crippen LogP contribution in [0.5, 0.6) is 0 Å². The van der Waals surface area contributed by atoms with Gasteiger partial charge in [-0.3, -0.25) is 0 Å². The molecule has 1 unspecified atom stereocenters. The Labute approximate surface area is 178 Å². The summed E-state index contributed by atoms with van der Waals surface area (Å²) in [6.45, 7) is 0. The second-order valence-electron chi connectivity index (χ2n) is 6.61. The summed E-state index contributed by atoms with van der Waals surface area (Å²) in [6, 6.07) is 31.6. The lowest BCUT2D eigenvalue weighted by atomic mass is 10.1. The summed E-state index contributed by atoms with van der Waals surface area (Å²) >= 11 is 2.44. The number of fused-ring (bicyclic) bond motifs is 3. The van der Waals surface area contributed by atoms with Crippen LogP contribution in [-0.2, 0) is 0 Å². The van der Waals surface area contributed by atoms with Crippen LogP contribution in [0.25, 0.3) is 44.3 Å². The Morgan fingerprint density at radius 2 is 1.14 bits per heavy atom. The lowest BCUT2D eigenvalue weighted by Crippen LogP contribution is -1.99. The number of hydrogen-bond acceptors (Lipinski definition) is 2. The van der Waals surface area contributed by atoms with Gasteiger partial charge in [-0.05, 0) is 23.7 Å². The number of rotatable bonds is 3. The lowest BCUT2D eigenvalue weighted by Gasteiger charge is -2.10. The Bertz CT molecular complexity index is 1300. The molecule has 28 heavy (non-hydrogen) atoms. The molecule has 134 valence electrons. The third kappa shape index (κ3) is 3.19. The molecule has 0 N–H and O–H groups in total. The summed E-state index contributed by atoms with van der Waals surface area (Å²) in [5.41, 5.74) is 6.21. The Morgan fingerprint density at radius 3 is 1.86 bits per heavy atom. The van der Waals surface area contributed by atoms with E-state index < -0.39 is 0 Å². The van der Waals surface area contributed by atoms with Crippen molar-refractivity contribution in [3.05, 3.63) is 91.0 Å². The number of hydrogen-bond donors (Lipinski definition) is 0. The molecule has 5 rings (SSSR count). The minimum atomic E-state index is 0.706. The molecule has 2 heterocycles. The van der Waals surface area contributed by atoms with Crippen LogP contribution in [0.3, 0.4) is 0 Å². The van der Waals surface area contributed by atoms with E-state index in [1.54, 1.807) is 0 Å². The molecule has 0 aliphatic rings. The number of benzene rings is 3. The highest BCUT2D eigenvalue weighted by atomic mass is 127. The summed E-state index contributed by atoms with van der Waals surface area (Å²) in [4.78, 5) is 10.0. The molecule has 2 nitrogen and oxygen atoms in total. The highest BCUT2D eigenvalue weighted by Gasteiger charge is 2.10. The zero-order valence-corrected chi connectivity index (χ0v) is 18.1. The summed E-state index contributed by atoms with van der Waals surface area (Å²) in [5, 5.41) is 3.55. The average Bonchev–Trinajstić information content (AvgIpc) is 2.79. The van der Waals surface area contributed by atoms with E-state index in [-0.39, 0.29) is 0 Å². The molecular weight excluding hydrogens is 474 g/mol. The van der Waals surface area contributed by atoms with Crippen molar-refractivity contribution in [1.29, 1.82) is 0 Å². The fraction of sp³-hybridized carbons (Fsp3) is 0. The normalized spacial score (nSPS) is 11.6. The van der Waals surface area contributed by atoms with Gasteiger partial charge in [0.25, 0.3) is 0 Å². The van der Waals surface area contributed by atoms with E-state index in [9.17, 15) is 0 Å². The molecule has 4 heteroatoms. The van der Waals surface area contributed by atoms with E-state index in [4.69, 9.17) is 9.97 Å². The molecule has 0 amide bonds. The first-order chi connectivity index (χ1) is 13.8. The topological polar surface area (TPSA) is 25.8 Å². The second kappa shape index (κ2) is 7.57. The van der Waals surface area contributed by atoms with E-state index in [0.29, 0.717) is 6.22 Å². The molecular formula is C24H16IN2P. The van der Waals surface area contributed by atoms with Crippen molar-refractivity contribution in [1.82, 2.24) is 9.97 Å². The number of halogens is 1. The van der Waals surface area contributed by atoms with Crippen LogP contribution in [0.2, 0.25) is 0 Å². The molecule has 0 bridgehead atoms. The number of pyridine rings is 2. The largest absolute Gasteiger partial charge is 0.245 e. The maximum atomic E-state index is 5.06. The highest BCUT2D eigenvalue weighted by Crippen LogP contribution is 2.31. The van der Waals surface area contributed by atoms with Crippen molar-refractivity contribution in [3.8, 4) is 22.5 Å². The van der Waals surface area contributed by atoms with Crippen LogP contribution in [-0.4, -0.2) is 9.97 Å². The predicted octanol–water partition coefficient (Wildman–Crippen LogP) is 6.77. The molecule has 0 radical (unpaired) electrons. The first-order valence-electron chi connectivity index (χ1n) is 9.05. The molecule has 0 aliphatic carbocycles. The fourth-order valence-corrected chi connectivity index (χ4v) is 5.36. The summed E-state index contributed by atoms with van der Waals surface area (Å²) < 4.78 is 0. The Morgan fingerprint density at radius 1 is 0.571 bits per heavy atom. The van der Waals surface area contributed by atoms with Crippen LogP contribution >= 0.6 is 28.3 Å². The molecule has 2 aromatic heterocycles. The lowest BCUT2D eigenvalue weighted by molar-refractivity contribution is 1.37. The van der Waals surface area contributed by atoms with Gasteiger partial charge in [-0.25, -0.2) is 9.97 Å². The van der Waals surface area contributed by atoms with Gasteiger partial charge in [0.15, 0.2) is 0 Å². The average molecular weight is 490 g/mol. The molecule has 3 aromatic carbocycles. The van der Waals surface area contributed by atoms with Gasteiger partial charge in [-0.1, -0.05) is 101 Å². The third-order valence-corrected chi connectivity index (χ3v) is 7.28. The molecule has 1 atom stereocenters. The minimum absolute atomic E-state index is 0.706. The molecule has 0 saturated carbocycles. The quantitative estimate of drug-likeness (QED) is 0.159. The van der Waals surface area contributed by atoms with Gasteiger partial charge in [0.2, 0.25) is 0 Å². The second-order valence-corrected chi connectivity index (χ2v) is 8.95. The minimum Gasteiger partial charge on any atom is -0.245 e. The van der Waals surface area contributed by atoms with E-state index in [1.165, 1.54) is 10.9 Å². The van der Waals surface area contributed by atoms with Crippen LogP contribution in [0.15, 0.2) is 91.0 Å². The molecule has 0 fully saturated rings. The standard InChI is InChI=1S/C24H16IN2P/c25-28-22-9-5-4-8-19(22)21-15-13-18-11-10-17-12-14-20(16-6-2-1-3-7-16)26-23(17)24(18)27-21/h1-15,28H. The number of aromatic nitrogens is 2. The maximum Gasteiger partial charge on any atom is 0.0972 e. The zero-order valence-electron chi connectivity index (χ0n) is 14.9. The Balaban J connectivity index is 1.76. The van der Waals surface area contributed by atoms with Crippen LogP contribution in [0, 0.1) is 0 Å².